The van der Waals surface area contributed by atoms with Crippen molar-refractivity contribution in [3.63, 3.8) is 0 Å². The molecular formula is C10H18O4. The van der Waals surface area contributed by atoms with Gasteiger partial charge in [0.15, 0.2) is 0 Å². The van der Waals surface area contributed by atoms with E-state index in [0.717, 1.165) is 0 Å². The number of carbonyl (C=O) groups excluding carboxylic acids is 2. The Morgan fingerprint density at radius 3 is 1.43 bits per heavy atom. The minimum absolute atomic E-state index is 0.332. The standard InChI is InChI=1S/C10H18O4/c1-5-13-9(11)7(3)8(4)10(12)14-6-2/h7-8H,5-6H2,1-4H3/t7-,8+. The van der Waals surface area contributed by atoms with Gasteiger partial charge in [-0.05, 0) is 13.8 Å². The lowest BCUT2D eigenvalue weighted by Gasteiger charge is -2.16. The number of hydrogen-bond donors (Lipinski definition) is 0. The Balaban J connectivity index is 4.16. The zero-order chi connectivity index (χ0) is 11.1. The zero-order valence-corrected chi connectivity index (χ0v) is 9.20. The molecule has 0 saturated heterocycles. The third-order valence-corrected chi connectivity index (χ3v) is 2.07. The molecule has 0 aliphatic carbocycles. The predicted octanol–water partition coefficient (Wildman–Crippen LogP) is 1.38. The van der Waals surface area contributed by atoms with Gasteiger partial charge in [-0.25, -0.2) is 0 Å². The average Bonchev–Trinajstić information content (AvgIpc) is 2.16. The van der Waals surface area contributed by atoms with Crippen molar-refractivity contribution < 1.29 is 19.1 Å². The molecule has 0 aliphatic rings. The topological polar surface area (TPSA) is 52.6 Å². The molecule has 0 aromatic rings. The molecule has 0 fully saturated rings. The van der Waals surface area contributed by atoms with Crippen molar-refractivity contribution in [1.82, 2.24) is 0 Å². The van der Waals surface area contributed by atoms with Crippen molar-refractivity contribution in [3.05, 3.63) is 0 Å². The molecular weight excluding hydrogens is 184 g/mol. The lowest BCUT2D eigenvalue weighted by atomic mass is 9.96. The second-order valence-corrected chi connectivity index (χ2v) is 3.08. The Kier molecular flexibility index (Phi) is 5.92. The first kappa shape index (κ1) is 12.9. The second kappa shape index (κ2) is 6.40. The molecule has 0 aromatic carbocycles. The molecule has 0 unspecified atom stereocenters. The summed E-state index contributed by atoms with van der Waals surface area (Å²) in [5.41, 5.74) is 0. The highest BCUT2D eigenvalue weighted by molar-refractivity contribution is 5.81. The van der Waals surface area contributed by atoms with Gasteiger partial charge in [-0.15, -0.1) is 0 Å². The van der Waals surface area contributed by atoms with Gasteiger partial charge in [0.1, 0.15) is 0 Å². The van der Waals surface area contributed by atoms with Crippen LogP contribution in [-0.4, -0.2) is 25.2 Å². The van der Waals surface area contributed by atoms with Crippen LogP contribution in [0.5, 0.6) is 0 Å². The molecule has 0 rings (SSSR count). The number of ether oxygens (including phenoxy) is 2. The maximum atomic E-state index is 11.3. The molecule has 0 heterocycles. The number of carbonyl (C=O) groups is 2. The van der Waals surface area contributed by atoms with E-state index in [1.807, 2.05) is 0 Å². The summed E-state index contributed by atoms with van der Waals surface area (Å²) in [5, 5.41) is 0. The molecule has 0 N–H and O–H groups in total. The van der Waals surface area contributed by atoms with Crippen molar-refractivity contribution >= 4 is 11.9 Å². The maximum absolute atomic E-state index is 11.3. The van der Waals surface area contributed by atoms with Crippen LogP contribution in [-0.2, 0) is 19.1 Å². The third-order valence-electron chi connectivity index (χ3n) is 2.07. The van der Waals surface area contributed by atoms with E-state index in [-0.39, 0.29) is 11.9 Å². The van der Waals surface area contributed by atoms with Crippen molar-refractivity contribution in [2.45, 2.75) is 27.7 Å². The van der Waals surface area contributed by atoms with Crippen LogP contribution in [0, 0.1) is 11.8 Å². The van der Waals surface area contributed by atoms with Crippen molar-refractivity contribution in [2.75, 3.05) is 13.2 Å². The van der Waals surface area contributed by atoms with Crippen molar-refractivity contribution in [2.24, 2.45) is 11.8 Å². The smallest absolute Gasteiger partial charge is 0.309 e. The van der Waals surface area contributed by atoms with E-state index in [4.69, 9.17) is 9.47 Å². The Morgan fingerprint density at radius 1 is 0.929 bits per heavy atom. The molecule has 0 aliphatic heterocycles. The Hall–Kier alpha value is -1.06. The molecule has 82 valence electrons. The largest absolute Gasteiger partial charge is 0.466 e. The van der Waals surface area contributed by atoms with Crippen LogP contribution in [0.2, 0.25) is 0 Å². The molecule has 14 heavy (non-hydrogen) atoms. The number of esters is 2. The van der Waals surface area contributed by atoms with Crippen LogP contribution in [0.3, 0.4) is 0 Å². The molecule has 0 aromatic heterocycles. The Morgan fingerprint density at radius 2 is 1.21 bits per heavy atom. The van der Waals surface area contributed by atoms with Crippen LogP contribution in [0.15, 0.2) is 0 Å². The fourth-order valence-electron chi connectivity index (χ4n) is 0.956. The van der Waals surface area contributed by atoms with Gasteiger partial charge in [-0.1, -0.05) is 13.8 Å². The summed E-state index contributed by atoms with van der Waals surface area (Å²) < 4.78 is 9.61. The van der Waals surface area contributed by atoms with Crippen LogP contribution < -0.4 is 0 Å². The minimum Gasteiger partial charge on any atom is -0.466 e. The summed E-state index contributed by atoms with van der Waals surface area (Å²) >= 11 is 0. The van der Waals surface area contributed by atoms with Gasteiger partial charge in [0.05, 0.1) is 25.0 Å². The maximum Gasteiger partial charge on any atom is 0.309 e. The molecule has 0 radical (unpaired) electrons. The normalized spacial score (nSPS) is 14.3. The second-order valence-electron chi connectivity index (χ2n) is 3.08. The molecule has 4 heteroatoms. The highest BCUT2D eigenvalue weighted by Gasteiger charge is 2.27. The number of rotatable bonds is 5. The lowest BCUT2D eigenvalue weighted by Crippen LogP contribution is -2.28. The van der Waals surface area contributed by atoms with Crippen LogP contribution in [0.4, 0.5) is 0 Å². The predicted molar refractivity (Wildman–Crippen MR) is 51.6 cm³/mol. The zero-order valence-electron chi connectivity index (χ0n) is 9.20. The van der Waals surface area contributed by atoms with Gasteiger partial charge in [0.2, 0.25) is 0 Å². The van der Waals surface area contributed by atoms with E-state index in [9.17, 15) is 9.59 Å². The highest BCUT2D eigenvalue weighted by atomic mass is 16.5. The van der Waals surface area contributed by atoms with Gasteiger partial charge in [-0.3, -0.25) is 9.59 Å². The molecule has 0 saturated carbocycles. The van der Waals surface area contributed by atoms with Gasteiger partial charge >= 0.3 is 11.9 Å². The summed E-state index contributed by atoms with van der Waals surface area (Å²) in [6.45, 7) is 7.47. The lowest BCUT2D eigenvalue weighted by molar-refractivity contribution is -0.158. The molecule has 2 atom stereocenters. The van der Waals surface area contributed by atoms with E-state index >= 15 is 0 Å². The quantitative estimate of drug-likeness (QED) is 0.632. The summed E-state index contributed by atoms with van der Waals surface area (Å²) in [7, 11) is 0. The minimum atomic E-state index is -0.450. The molecule has 0 bridgehead atoms. The van der Waals surface area contributed by atoms with Crippen LogP contribution in [0.25, 0.3) is 0 Å². The van der Waals surface area contributed by atoms with Crippen LogP contribution >= 0.6 is 0 Å². The summed E-state index contributed by atoms with van der Waals surface area (Å²) in [5.74, 6) is -1.61. The van der Waals surface area contributed by atoms with Crippen molar-refractivity contribution in [3.8, 4) is 0 Å². The van der Waals surface area contributed by atoms with E-state index in [1.165, 1.54) is 0 Å². The van der Waals surface area contributed by atoms with Gasteiger partial charge in [-0.2, -0.15) is 0 Å². The summed E-state index contributed by atoms with van der Waals surface area (Å²) in [6.07, 6.45) is 0. The first-order valence-electron chi connectivity index (χ1n) is 4.87. The molecule has 0 amide bonds. The van der Waals surface area contributed by atoms with Gasteiger partial charge in [0, 0.05) is 0 Å². The van der Waals surface area contributed by atoms with Gasteiger partial charge in [0.25, 0.3) is 0 Å². The van der Waals surface area contributed by atoms with E-state index < -0.39 is 11.8 Å². The van der Waals surface area contributed by atoms with Gasteiger partial charge < -0.3 is 9.47 Å². The first-order valence-corrected chi connectivity index (χ1v) is 4.87. The summed E-state index contributed by atoms with van der Waals surface area (Å²) in [6, 6.07) is 0. The van der Waals surface area contributed by atoms with E-state index in [0.29, 0.717) is 13.2 Å². The highest BCUT2D eigenvalue weighted by Crippen LogP contribution is 2.14. The molecule has 4 nitrogen and oxygen atoms in total. The van der Waals surface area contributed by atoms with Crippen molar-refractivity contribution in [1.29, 1.82) is 0 Å². The van der Waals surface area contributed by atoms with E-state index in [2.05, 4.69) is 0 Å². The third kappa shape index (κ3) is 3.77. The SMILES string of the molecule is CCOC(=O)[C@@H](C)[C@@H](C)C(=O)OCC. The van der Waals surface area contributed by atoms with E-state index in [1.54, 1.807) is 27.7 Å². The Bertz CT molecular complexity index is 178. The van der Waals surface area contributed by atoms with Crippen LogP contribution in [0.1, 0.15) is 27.7 Å². The Labute approximate surface area is 84.6 Å². The molecule has 0 spiro atoms. The first-order chi connectivity index (χ1) is 6.54. The fourth-order valence-corrected chi connectivity index (χ4v) is 0.956. The number of hydrogen-bond acceptors (Lipinski definition) is 4. The fraction of sp³-hybridized carbons (Fsp3) is 0.800. The monoisotopic (exact) mass is 202 g/mol. The average molecular weight is 202 g/mol. The summed E-state index contributed by atoms with van der Waals surface area (Å²) in [4.78, 5) is 22.5.